The van der Waals surface area contributed by atoms with E-state index < -0.39 is 9.87 Å². The Labute approximate surface area is 68.0 Å². The van der Waals surface area contributed by atoms with E-state index in [1.165, 1.54) is 0 Å². The Balaban J connectivity index is 3.36. The molecule has 0 N–H and O–H groups in total. The summed E-state index contributed by atoms with van der Waals surface area (Å²) in [5, 5.41) is 0. The van der Waals surface area contributed by atoms with Gasteiger partial charge in [0.15, 0.2) is 0 Å². The first kappa shape index (κ1) is 9.09. The Morgan fingerprint density at radius 3 is 1.43 bits per heavy atom. The maximum absolute atomic E-state index is 5.03. The molecule has 2 nitrogen and oxygen atoms in total. The van der Waals surface area contributed by atoms with Gasteiger partial charge < -0.3 is 0 Å². The van der Waals surface area contributed by atoms with Gasteiger partial charge in [0.1, 0.15) is 0 Å². The van der Waals surface area contributed by atoms with Gasteiger partial charge in [-0.1, -0.05) is 0 Å². The summed E-state index contributed by atoms with van der Waals surface area (Å²) in [6.07, 6.45) is 0. The van der Waals surface area contributed by atoms with Crippen molar-refractivity contribution in [1.82, 2.24) is 0 Å². The molecule has 44 valence electrons. The molecule has 0 aromatic rings. The van der Waals surface area contributed by atoms with Gasteiger partial charge in [-0.3, -0.25) is 0 Å². The van der Waals surface area contributed by atoms with E-state index in [2.05, 4.69) is 38.4 Å². The van der Waals surface area contributed by atoms with Crippen LogP contribution in [0.25, 0.3) is 0 Å². The topological polar surface area (TPSA) is 18.5 Å². The van der Waals surface area contributed by atoms with Crippen LogP contribution in [-0.4, -0.2) is 14.2 Å². The van der Waals surface area contributed by atoms with E-state index in [1.807, 2.05) is 0 Å². The molecule has 7 heavy (non-hydrogen) atoms. The first-order valence-electron chi connectivity index (χ1n) is 1.60. The Kier molecular flexibility index (Phi) is 5.19. The van der Waals surface area contributed by atoms with Crippen molar-refractivity contribution in [3.05, 3.63) is 0 Å². The van der Waals surface area contributed by atoms with Crippen LogP contribution < -0.4 is 0 Å². The van der Waals surface area contributed by atoms with Gasteiger partial charge in [-0.25, -0.2) is 0 Å². The van der Waals surface area contributed by atoms with E-state index in [0.29, 0.717) is 0 Å². The van der Waals surface area contributed by atoms with Crippen LogP contribution in [0.3, 0.4) is 0 Å². The molecular formula is C2H6I2O2Ti. The number of hydrogen-bond acceptors (Lipinski definition) is 2. The first-order chi connectivity index (χ1) is 3.12. The third-order valence-electron chi connectivity index (χ3n) is 0.475. The number of halogens is 2. The molecule has 0 aromatic heterocycles. The molecule has 0 aliphatic rings. The Morgan fingerprint density at radius 1 is 1.14 bits per heavy atom. The zero-order chi connectivity index (χ0) is 5.91. The third kappa shape index (κ3) is 4.59. The fourth-order valence-corrected chi connectivity index (χ4v) is 0.344. The van der Waals surface area contributed by atoms with Crippen LogP contribution in [0, 0.1) is 0 Å². The van der Waals surface area contributed by atoms with Gasteiger partial charge in [0.05, 0.1) is 0 Å². The van der Waals surface area contributed by atoms with E-state index in [9.17, 15) is 0 Å². The molecule has 0 amide bonds. The predicted molar refractivity (Wildman–Crippen MR) is 42.1 cm³/mol. The van der Waals surface area contributed by atoms with Crippen molar-refractivity contribution < 1.29 is 16.5 Å². The van der Waals surface area contributed by atoms with E-state index in [0.717, 1.165) is 0 Å². The van der Waals surface area contributed by atoms with E-state index in [1.54, 1.807) is 14.2 Å². The minimum atomic E-state index is -2.14. The van der Waals surface area contributed by atoms with Crippen LogP contribution >= 0.6 is 38.4 Å². The van der Waals surface area contributed by atoms with E-state index >= 15 is 0 Å². The van der Waals surface area contributed by atoms with Crippen LogP contribution in [-0.2, 0) is 16.5 Å². The second kappa shape index (κ2) is 4.00. The van der Waals surface area contributed by atoms with E-state index in [-0.39, 0.29) is 0 Å². The summed E-state index contributed by atoms with van der Waals surface area (Å²) in [6, 6.07) is 0. The second-order valence-electron chi connectivity index (χ2n) is 0.872. The fourth-order valence-electron chi connectivity index (χ4n) is 0.0833. The molecule has 0 heterocycles. The average molecular weight is 364 g/mol. The van der Waals surface area contributed by atoms with Gasteiger partial charge in [-0.2, -0.15) is 0 Å². The normalized spacial score (nSPS) is 12.0. The zero-order valence-corrected chi connectivity index (χ0v) is 9.95. The Hall–Kier alpha value is 2.09. The Bertz CT molecular complexity index is 51.7. The van der Waals surface area contributed by atoms with Gasteiger partial charge in [-0.15, -0.1) is 0 Å². The number of rotatable bonds is 2. The summed E-state index contributed by atoms with van der Waals surface area (Å²) in [7, 11) is 1.22. The monoisotopic (exact) mass is 364 g/mol. The van der Waals surface area contributed by atoms with Crippen molar-refractivity contribution in [1.29, 1.82) is 0 Å². The average Bonchev–Trinajstić information content (AvgIpc) is 1.68. The minimum absolute atomic E-state index is 1.68. The number of hydrogen-bond donors (Lipinski definition) is 0. The van der Waals surface area contributed by atoms with Gasteiger partial charge >= 0.3 is 69.1 Å². The molecule has 0 saturated heterocycles. The van der Waals surface area contributed by atoms with Crippen molar-refractivity contribution >= 4 is 38.4 Å². The third-order valence-corrected chi connectivity index (χ3v) is 9.22. The van der Waals surface area contributed by atoms with Crippen LogP contribution in [0.5, 0.6) is 0 Å². The van der Waals surface area contributed by atoms with Crippen LogP contribution in [0.4, 0.5) is 0 Å². The van der Waals surface area contributed by atoms with Crippen molar-refractivity contribution in [2.24, 2.45) is 0 Å². The van der Waals surface area contributed by atoms with Crippen molar-refractivity contribution in [2.75, 3.05) is 14.2 Å². The molecule has 0 unspecified atom stereocenters. The van der Waals surface area contributed by atoms with Gasteiger partial charge in [0, 0.05) is 0 Å². The molecule has 0 saturated carbocycles. The SMILES string of the molecule is C[O][Ti]([I])([I])[O]C. The summed E-state index contributed by atoms with van der Waals surface area (Å²) < 4.78 is 10.1. The molecule has 0 radical (unpaired) electrons. The second-order valence-corrected chi connectivity index (χ2v) is 23.8. The predicted octanol–water partition coefficient (Wildman–Crippen LogP) is 1.96. The van der Waals surface area contributed by atoms with Crippen LogP contribution in [0.1, 0.15) is 0 Å². The first-order valence-corrected chi connectivity index (χ1v) is 13.0. The summed E-state index contributed by atoms with van der Waals surface area (Å²) in [4.78, 5) is 0. The van der Waals surface area contributed by atoms with Crippen molar-refractivity contribution in [2.45, 2.75) is 0 Å². The molecule has 0 rings (SSSR count). The maximum atomic E-state index is 5.03. The van der Waals surface area contributed by atoms with Crippen molar-refractivity contribution in [3.8, 4) is 0 Å². The molecule has 0 fully saturated rings. The molecule has 5 heteroatoms. The van der Waals surface area contributed by atoms with Gasteiger partial charge in [0.25, 0.3) is 0 Å². The molecule has 0 bridgehead atoms. The molecule has 0 aromatic carbocycles. The quantitative estimate of drug-likeness (QED) is 0.551. The Morgan fingerprint density at radius 2 is 1.43 bits per heavy atom. The molecule has 0 spiro atoms. The molecular weight excluding hydrogens is 358 g/mol. The fraction of sp³-hybridized carbons (Fsp3) is 1.00. The van der Waals surface area contributed by atoms with Gasteiger partial charge in [0.2, 0.25) is 0 Å². The summed E-state index contributed by atoms with van der Waals surface area (Å²) in [6.45, 7) is 0. The van der Waals surface area contributed by atoms with Crippen molar-refractivity contribution in [3.63, 3.8) is 0 Å². The van der Waals surface area contributed by atoms with Crippen LogP contribution in [0.15, 0.2) is 0 Å². The molecule has 0 atom stereocenters. The summed E-state index contributed by atoms with van der Waals surface area (Å²) >= 11 is 4.47. The zero-order valence-electron chi connectivity index (χ0n) is 4.07. The summed E-state index contributed by atoms with van der Waals surface area (Å²) in [5.41, 5.74) is 0. The standard InChI is InChI=1S/2CH3O.2HI.Ti/c2*1-2;;;/h2*1H3;2*1H;/q2*-1;;;+4/p-2. The summed E-state index contributed by atoms with van der Waals surface area (Å²) in [5.74, 6) is 0. The molecule has 0 aliphatic carbocycles. The van der Waals surface area contributed by atoms with Crippen LogP contribution in [0.2, 0.25) is 0 Å². The molecule has 0 aliphatic heterocycles. The van der Waals surface area contributed by atoms with Gasteiger partial charge in [-0.05, 0) is 0 Å². The van der Waals surface area contributed by atoms with E-state index in [4.69, 9.17) is 6.64 Å².